The lowest BCUT2D eigenvalue weighted by molar-refractivity contribution is -0.151. The topological polar surface area (TPSA) is 96.0 Å². The Hall–Kier alpha value is -2.28. The van der Waals surface area contributed by atoms with Crippen LogP contribution in [-0.4, -0.2) is 47.9 Å². The first-order valence-electron chi connectivity index (χ1n) is 8.85. The molecule has 27 heavy (non-hydrogen) atoms. The SMILES string of the molecule is C=CC(CC(C)OC(=O)CC(C)=O)OC(C=C)CC(C)OC(=O)CC(C)=O. The highest BCUT2D eigenvalue weighted by Crippen LogP contribution is 2.15. The van der Waals surface area contributed by atoms with Crippen LogP contribution in [0.15, 0.2) is 25.3 Å². The summed E-state index contributed by atoms with van der Waals surface area (Å²) in [4.78, 5) is 44.9. The third-order valence-corrected chi connectivity index (χ3v) is 3.46. The van der Waals surface area contributed by atoms with Crippen molar-refractivity contribution in [2.24, 2.45) is 0 Å². The van der Waals surface area contributed by atoms with E-state index in [1.54, 1.807) is 26.0 Å². The Bertz CT molecular complexity index is 505. The molecule has 152 valence electrons. The van der Waals surface area contributed by atoms with Crippen molar-refractivity contribution < 1.29 is 33.4 Å². The molecular weight excluding hydrogens is 352 g/mol. The van der Waals surface area contributed by atoms with Crippen LogP contribution >= 0.6 is 0 Å². The van der Waals surface area contributed by atoms with Gasteiger partial charge in [-0.3, -0.25) is 19.2 Å². The largest absolute Gasteiger partial charge is 0.462 e. The molecule has 0 aliphatic heterocycles. The maximum absolute atomic E-state index is 11.5. The van der Waals surface area contributed by atoms with E-state index in [2.05, 4.69) is 13.2 Å². The van der Waals surface area contributed by atoms with E-state index >= 15 is 0 Å². The van der Waals surface area contributed by atoms with Crippen LogP contribution in [0.4, 0.5) is 0 Å². The first-order chi connectivity index (χ1) is 12.6. The number of Topliss-reactive ketones (excluding diaryl/α,β-unsaturated/α-hetero) is 2. The van der Waals surface area contributed by atoms with Gasteiger partial charge in [0.1, 0.15) is 36.6 Å². The van der Waals surface area contributed by atoms with Gasteiger partial charge in [-0.05, 0) is 27.7 Å². The van der Waals surface area contributed by atoms with Gasteiger partial charge in [-0.25, -0.2) is 0 Å². The lowest BCUT2D eigenvalue weighted by Crippen LogP contribution is -2.28. The van der Waals surface area contributed by atoms with Gasteiger partial charge >= 0.3 is 11.9 Å². The van der Waals surface area contributed by atoms with Gasteiger partial charge < -0.3 is 14.2 Å². The summed E-state index contributed by atoms with van der Waals surface area (Å²) in [7, 11) is 0. The van der Waals surface area contributed by atoms with E-state index in [9.17, 15) is 19.2 Å². The third-order valence-electron chi connectivity index (χ3n) is 3.46. The molecule has 0 bridgehead atoms. The molecule has 0 fully saturated rings. The van der Waals surface area contributed by atoms with Crippen molar-refractivity contribution in [2.75, 3.05) is 0 Å². The summed E-state index contributed by atoms with van der Waals surface area (Å²) >= 11 is 0. The molecule has 0 aromatic heterocycles. The Kier molecular flexibility index (Phi) is 11.9. The van der Waals surface area contributed by atoms with Crippen LogP contribution < -0.4 is 0 Å². The van der Waals surface area contributed by atoms with Gasteiger partial charge in [-0.2, -0.15) is 0 Å². The summed E-state index contributed by atoms with van der Waals surface area (Å²) in [5.74, 6) is -1.68. The van der Waals surface area contributed by atoms with Gasteiger partial charge in [0.25, 0.3) is 0 Å². The maximum atomic E-state index is 11.5. The Morgan fingerprint density at radius 1 is 0.778 bits per heavy atom. The standard InChI is InChI=1S/C20H30O7/c1-7-17(11-15(5)25-19(23)9-13(3)21)27-18(8-2)12-16(6)26-20(24)10-14(4)22/h7-8,15-18H,1-2,9-12H2,3-6H3. The highest BCUT2D eigenvalue weighted by atomic mass is 16.6. The zero-order valence-electron chi connectivity index (χ0n) is 16.6. The summed E-state index contributed by atoms with van der Waals surface area (Å²) in [6.45, 7) is 13.5. The minimum Gasteiger partial charge on any atom is -0.462 e. The molecule has 0 saturated carbocycles. The molecule has 0 spiro atoms. The van der Waals surface area contributed by atoms with E-state index in [-0.39, 0.29) is 24.4 Å². The average molecular weight is 382 g/mol. The molecule has 7 nitrogen and oxygen atoms in total. The maximum Gasteiger partial charge on any atom is 0.313 e. The number of ketones is 2. The summed E-state index contributed by atoms with van der Waals surface area (Å²) in [6.07, 6.45) is 1.58. The molecule has 0 aliphatic rings. The van der Waals surface area contributed by atoms with Crippen molar-refractivity contribution in [1.29, 1.82) is 0 Å². The predicted octanol–water partition coefficient (Wildman–Crippen LogP) is 2.71. The number of ether oxygens (including phenoxy) is 3. The quantitative estimate of drug-likeness (QED) is 0.259. The number of carbonyl (C=O) groups is 4. The molecule has 0 amide bonds. The zero-order valence-corrected chi connectivity index (χ0v) is 16.6. The lowest BCUT2D eigenvalue weighted by atomic mass is 10.1. The van der Waals surface area contributed by atoms with Crippen molar-refractivity contribution in [3.8, 4) is 0 Å². The molecule has 7 heteroatoms. The fourth-order valence-electron chi connectivity index (χ4n) is 2.33. The van der Waals surface area contributed by atoms with E-state index < -0.39 is 36.4 Å². The van der Waals surface area contributed by atoms with Crippen LogP contribution in [0.2, 0.25) is 0 Å². The number of rotatable bonds is 14. The zero-order chi connectivity index (χ0) is 21.0. The molecule has 0 N–H and O–H groups in total. The summed E-state index contributed by atoms with van der Waals surface area (Å²) < 4.78 is 16.2. The minimum absolute atomic E-state index is 0.260. The van der Waals surface area contributed by atoms with Gasteiger partial charge in [0.05, 0.1) is 12.2 Å². The normalized spacial score (nSPS) is 15.0. The van der Waals surface area contributed by atoms with Gasteiger partial charge in [-0.15, -0.1) is 13.2 Å². The van der Waals surface area contributed by atoms with E-state index in [0.29, 0.717) is 12.8 Å². The molecular formula is C20H30O7. The molecule has 4 atom stereocenters. The second-order valence-electron chi connectivity index (χ2n) is 6.51. The van der Waals surface area contributed by atoms with Gasteiger partial charge in [0.2, 0.25) is 0 Å². The first kappa shape index (κ1) is 24.7. The first-order valence-corrected chi connectivity index (χ1v) is 8.85. The number of carbonyl (C=O) groups excluding carboxylic acids is 4. The molecule has 0 aromatic rings. The fourth-order valence-corrected chi connectivity index (χ4v) is 2.33. The predicted molar refractivity (Wildman–Crippen MR) is 100.0 cm³/mol. The Morgan fingerprint density at radius 2 is 1.11 bits per heavy atom. The monoisotopic (exact) mass is 382 g/mol. The van der Waals surface area contributed by atoms with Crippen LogP contribution in [0.5, 0.6) is 0 Å². The molecule has 0 saturated heterocycles. The van der Waals surface area contributed by atoms with Crippen LogP contribution in [0, 0.1) is 0 Å². The molecule has 0 aliphatic carbocycles. The van der Waals surface area contributed by atoms with Crippen molar-refractivity contribution >= 4 is 23.5 Å². The van der Waals surface area contributed by atoms with E-state index in [0.717, 1.165) is 0 Å². The number of hydrogen-bond donors (Lipinski definition) is 0. The molecule has 4 unspecified atom stereocenters. The van der Waals surface area contributed by atoms with Crippen LogP contribution in [0.3, 0.4) is 0 Å². The second kappa shape index (κ2) is 13.0. The van der Waals surface area contributed by atoms with E-state index in [4.69, 9.17) is 14.2 Å². The number of hydrogen-bond acceptors (Lipinski definition) is 7. The Balaban J connectivity index is 4.53. The Labute approximate surface area is 160 Å². The molecule has 0 aromatic carbocycles. The van der Waals surface area contributed by atoms with Gasteiger partial charge in [-0.1, -0.05) is 12.2 Å². The lowest BCUT2D eigenvalue weighted by Gasteiger charge is -2.25. The highest BCUT2D eigenvalue weighted by molar-refractivity contribution is 5.94. The summed E-state index contributed by atoms with van der Waals surface area (Å²) in [5, 5.41) is 0. The third kappa shape index (κ3) is 12.7. The molecule has 0 radical (unpaired) electrons. The van der Waals surface area contributed by atoms with Gasteiger partial charge in [0.15, 0.2) is 0 Å². The molecule has 0 rings (SSSR count). The highest BCUT2D eigenvalue weighted by Gasteiger charge is 2.21. The smallest absolute Gasteiger partial charge is 0.313 e. The second-order valence-corrected chi connectivity index (χ2v) is 6.51. The van der Waals surface area contributed by atoms with Gasteiger partial charge in [0, 0.05) is 12.8 Å². The van der Waals surface area contributed by atoms with Crippen LogP contribution in [0.1, 0.15) is 53.4 Å². The minimum atomic E-state index is -0.580. The van der Waals surface area contributed by atoms with Crippen molar-refractivity contribution in [2.45, 2.75) is 77.8 Å². The van der Waals surface area contributed by atoms with E-state index in [1.165, 1.54) is 13.8 Å². The van der Waals surface area contributed by atoms with E-state index in [1.807, 2.05) is 0 Å². The fraction of sp³-hybridized carbons (Fsp3) is 0.600. The summed E-state index contributed by atoms with van der Waals surface area (Å²) in [6, 6.07) is 0. The number of esters is 2. The molecule has 0 heterocycles. The Morgan fingerprint density at radius 3 is 1.37 bits per heavy atom. The van der Waals surface area contributed by atoms with Crippen LogP contribution in [-0.2, 0) is 33.4 Å². The van der Waals surface area contributed by atoms with Crippen molar-refractivity contribution in [1.82, 2.24) is 0 Å². The van der Waals surface area contributed by atoms with Crippen molar-refractivity contribution in [3.63, 3.8) is 0 Å². The van der Waals surface area contributed by atoms with Crippen molar-refractivity contribution in [3.05, 3.63) is 25.3 Å². The summed E-state index contributed by atoms with van der Waals surface area (Å²) in [5.41, 5.74) is 0. The van der Waals surface area contributed by atoms with Crippen LogP contribution in [0.25, 0.3) is 0 Å². The average Bonchev–Trinajstić information content (AvgIpc) is 2.51.